The van der Waals surface area contributed by atoms with Crippen LogP contribution in [0.25, 0.3) is 0 Å². The molecule has 70 valence electrons. The molecule has 1 rings (SSSR count). The summed E-state index contributed by atoms with van der Waals surface area (Å²) in [4.78, 5) is 11.3. The van der Waals surface area contributed by atoms with Crippen molar-refractivity contribution in [3.63, 3.8) is 0 Å². The van der Waals surface area contributed by atoms with Gasteiger partial charge in [-0.3, -0.25) is 0 Å². The molecule has 13 heavy (non-hydrogen) atoms. The molecule has 0 unspecified atom stereocenters. The number of nitrogens with zero attached hydrogens (tertiary/aromatic N) is 1. The standard InChI is InChI=1S/C8H9NO3Se/c1-2-12-8(10)6-4-3-5-9(11)7(6)13/h3-5,11H,2H2,1H3. The van der Waals surface area contributed by atoms with Crippen molar-refractivity contribution in [1.29, 1.82) is 0 Å². The Balaban J connectivity index is 3.08. The molecule has 0 spiro atoms. The molecule has 5 heteroatoms. The zero-order valence-electron chi connectivity index (χ0n) is 7.06. The predicted molar refractivity (Wildman–Crippen MR) is 46.6 cm³/mol. The molecule has 1 aromatic heterocycles. The van der Waals surface area contributed by atoms with Crippen LogP contribution in [0, 0.1) is 4.19 Å². The molecule has 0 bridgehead atoms. The Morgan fingerprint density at radius 2 is 2.46 bits per heavy atom. The van der Waals surface area contributed by atoms with Crippen LogP contribution in [0.5, 0.6) is 0 Å². The van der Waals surface area contributed by atoms with Crippen LogP contribution in [0.15, 0.2) is 18.3 Å². The molecule has 0 aliphatic rings. The zero-order valence-corrected chi connectivity index (χ0v) is 8.77. The molecular formula is C8H9NO3Se. The third-order valence-corrected chi connectivity index (χ3v) is 2.28. The monoisotopic (exact) mass is 247 g/mol. The molecule has 0 aliphatic heterocycles. The first kappa shape index (κ1) is 10.0. The van der Waals surface area contributed by atoms with Gasteiger partial charge in [0.1, 0.15) is 0 Å². The Labute approximate surface area is 83.1 Å². The van der Waals surface area contributed by atoms with E-state index in [1.54, 1.807) is 19.1 Å². The molecular weight excluding hydrogens is 237 g/mol. The minimum absolute atomic E-state index is 0.318. The fourth-order valence-corrected chi connectivity index (χ4v) is 1.29. The average Bonchev–Trinajstić information content (AvgIpc) is 2.10. The number of esters is 1. The van der Waals surface area contributed by atoms with E-state index in [0.717, 1.165) is 4.73 Å². The van der Waals surface area contributed by atoms with Gasteiger partial charge in [0, 0.05) is 0 Å². The summed E-state index contributed by atoms with van der Waals surface area (Å²) < 4.78 is 5.97. The summed E-state index contributed by atoms with van der Waals surface area (Å²) >= 11 is 2.59. The Morgan fingerprint density at radius 1 is 1.77 bits per heavy atom. The van der Waals surface area contributed by atoms with Crippen LogP contribution in [-0.2, 0) is 4.74 Å². The number of pyridine rings is 1. The third-order valence-electron chi connectivity index (χ3n) is 1.42. The van der Waals surface area contributed by atoms with E-state index in [1.165, 1.54) is 6.20 Å². The zero-order chi connectivity index (χ0) is 9.84. The van der Waals surface area contributed by atoms with Crippen molar-refractivity contribution in [2.24, 2.45) is 0 Å². The quantitative estimate of drug-likeness (QED) is 0.472. The normalized spacial score (nSPS) is 9.62. The summed E-state index contributed by atoms with van der Waals surface area (Å²) in [6, 6.07) is 3.14. The molecule has 0 fully saturated rings. The maximum atomic E-state index is 11.3. The number of hydrogen-bond donors (Lipinski definition) is 1. The maximum absolute atomic E-state index is 11.3. The summed E-state index contributed by atoms with van der Waals surface area (Å²) in [5.41, 5.74) is 0.326. The number of rotatable bonds is 2. The van der Waals surface area contributed by atoms with Gasteiger partial charge in [-0.1, -0.05) is 0 Å². The average molecular weight is 246 g/mol. The first-order valence-electron chi connectivity index (χ1n) is 3.75. The number of hydrogen-bond acceptors (Lipinski definition) is 3. The van der Waals surface area contributed by atoms with Crippen molar-refractivity contribution < 1.29 is 14.7 Å². The molecule has 1 aromatic rings. The van der Waals surface area contributed by atoms with Crippen LogP contribution in [0.4, 0.5) is 0 Å². The Kier molecular flexibility index (Phi) is 3.28. The van der Waals surface area contributed by atoms with Crippen LogP contribution in [0.3, 0.4) is 0 Å². The van der Waals surface area contributed by atoms with Crippen molar-refractivity contribution in [3.8, 4) is 0 Å². The van der Waals surface area contributed by atoms with E-state index >= 15 is 0 Å². The van der Waals surface area contributed by atoms with E-state index < -0.39 is 5.97 Å². The minimum atomic E-state index is -0.445. The summed E-state index contributed by atoms with van der Waals surface area (Å²) in [5.74, 6) is -0.445. The van der Waals surface area contributed by atoms with E-state index in [9.17, 15) is 10.0 Å². The van der Waals surface area contributed by atoms with E-state index in [-0.39, 0.29) is 0 Å². The molecule has 0 saturated carbocycles. The predicted octanol–water partition coefficient (Wildman–Crippen LogP) is 0.603. The first-order valence-corrected chi connectivity index (χ1v) is 4.60. The number of carbonyl (C=O) groups is 1. The molecule has 0 saturated heterocycles. The van der Waals surface area contributed by atoms with Crippen LogP contribution >= 0.6 is 0 Å². The van der Waals surface area contributed by atoms with Crippen LogP contribution in [0.2, 0.25) is 0 Å². The molecule has 0 radical (unpaired) electrons. The van der Waals surface area contributed by atoms with Crippen LogP contribution in [0.1, 0.15) is 17.3 Å². The van der Waals surface area contributed by atoms with Gasteiger partial charge in [-0.15, -0.1) is 0 Å². The van der Waals surface area contributed by atoms with E-state index in [0.29, 0.717) is 16.4 Å². The first-order chi connectivity index (χ1) is 6.16. The van der Waals surface area contributed by atoms with Crippen molar-refractivity contribution in [2.75, 3.05) is 6.61 Å². The van der Waals surface area contributed by atoms with Crippen molar-refractivity contribution in [3.05, 3.63) is 28.1 Å². The summed E-state index contributed by atoms with van der Waals surface area (Å²) in [7, 11) is 0. The van der Waals surface area contributed by atoms with Crippen LogP contribution < -0.4 is 0 Å². The SMILES string of the molecule is CCOC(=O)c1cccn(O)c1=[Se]. The van der Waals surface area contributed by atoms with Gasteiger partial charge in [0.05, 0.1) is 0 Å². The second kappa shape index (κ2) is 4.25. The fourth-order valence-electron chi connectivity index (χ4n) is 0.847. The third kappa shape index (κ3) is 2.20. The Bertz CT molecular complexity index is 372. The van der Waals surface area contributed by atoms with E-state index in [1.807, 2.05) is 0 Å². The summed E-state index contributed by atoms with van der Waals surface area (Å²) in [6.07, 6.45) is 1.43. The molecule has 0 aromatic carbocycles. The van der Waals surface area contributed by atoms with Gasteiger partial charge in [-0.05, 0) is 0 Å². The second-order valence-corrected chi connectivity index (χ2v) is 3.10. The second-order valence-electron chi connectivity index (χ2n) is 2.29. The van der Waals surface area contributed by atoms with Gasteiger partial charge in [-0.2, -0.15) is 0 Å². The van der Waals surface area contributed by atoms with Crippen LogP contribution in [-0.4, -0.2) is 38.1 Å². The van der Waals surface area contributed by atoms with Crippen molar-refractivity contribution in [1.82, 2.24) is 4.73 Å². The molecule has 1 heterocycles. The number of aromatic nitrogens is 1. The van der Waals surface area contributed by atoms with Crippen molar-refractivity contribution >= 4 is 21.5 Å². The topological polar surface area (TPSA) is 51.5 Å². The molecule has 4 nitrogen and oxygen atoms in total. The number of ether oxygens (including phenoxy) is 1. The van der Waals surface area contributed by atoms with Gasteiger partial charge in [0.25, 0.3) is 0 Å². The molecule has 0 atom stereocenters. The summed E-state index contributed by atoms with van der Waals surface area (Å²) in [5, 5.41) is 9.19. The van der Waals surface area contributed by atoms with Gasteiger partial charge in [-0.25, -0.2) is 0 Å². The molecule has 0 amide bonds. The molecule has 1 N–H and O–H groups in total. The van der Waals surface area contributed by atoms with E-state index in [2.05, 4.69) is 15.6 Å². The van der Waals surface area contributed by atoms with E-state index in [4.69, 9.17) is 4.74 Å². The Morgan fingerprint density at radius 3 is 3.08 bits per heavy atom. The molecule has 0 aliphatic carbocycles. The summed E-state index contributed by atoms with van der Waals surface area (Å²) in [6.45, 7) is 2.05. The Hall–Kier alpha value is -1.06. The van der Waals surface area contributed by atoms with Gasteiger partial charge < -0.3 is 0 Å². The number of carbonyl (C=O) groups excluding carboxylic acids is 1. The van der Waals surface area contributed by atoms with Gasteiger partial charge >= 0.3 is 82.6 Å². The fraction of sp³-hybridized carbons (Fsp3) is 0.250. The van der Waals surface area contributed by atoms with Gasteiger partial charge in [0.2, 0.25) is 0 Å². The van der Waals surface area contributed by atoms with Gasteiger partial charge in [0.15, 0.2) is 0 Å². The van der Waals surface area contributed by atoms with Crippen molar-refractivity contribution in [2.45, 2.75) is 6.92 Å².